The third-order valence-corrected chi connectivity index (χ3v) is 4.49. The molecule has 1 aliphatic carbocycles. The van der Waals surface area contributed by atoms with Crippen LogP contribution in [0.25, 0.3) is 0 Å². The van der Waals surface area contributed by atoms with Gasteiger partial charge in [0, 0.05) is 8.07 Å². The fourth-order valence-corrected chi connectivity index (χ4v) is 2.45. The van der Waals surface area contributed by atoms with Crippen molar-refractivity contribution < 1.29 is 9.53 Å². The van der Waals surface area contributed by atoms with Gasteiger partial charge in [0.05, 0.1) is 12.5 Å². The average molecular weight is 214 g/mol. The van der Waals surface area contributed by atoms with E-state index in [1.54, 1.807) is 0 Å². The van der Waals surface area contributed by atoms with Gasteiger partial charge >= 0.3 is 5.97 Å². The van der Waals surface area contributed by atoms with E-state index < -0.39 is 8.07 Å². The van der Waals surface area contributed by atoms with E-state index in [0.717, 1.165) is 18.9 Å². The quantitative estimate of drug-likeness (QED) is 0.531. The van der Waals surface area contributed by atoms with E-state index in [-0.39, 0.29) is 11.9 Å². The zero-order valence-corrected chi connectivity index (χ0v) is 10.6. The first-order valence-corrected chi connectivity index (χ1v) is 9.36. The van der Waals surface area contributed by atoms with Gasteiger partial charge in [-0.3, -0.25) is 4.79 Å². The molecule has 0 aliphatic heterocycles. The zero-order chi connectivity index (χ0) is 10.6. The van der Waals surface area contributed by atoms with Gasteiger partial charge in [-0.1, -0.05) is 32.5 Å². The molecule has 0 spiro atoms. The summed E-state index contributed by atoms with van der Waals surface area (Å²) in [7, 11) is -1.04. The fraction of sp³-hybridized carbons (Fsp3) is 0.909. The molecule has 3 heteroatoms. The molecule has 0 atom stereocenters. The highest BCUT2D eigenvalue weighted by Crippen LogP contribution is 2.25. The summed E-state index contributed by atoms with van der Waals surface area (Å²) in [5.74, 6) is 0.275. The van der Waals surface area contributed by atoms with Crippen molar-refractivity contribution in [1.82, 2.24) is 0 Å². The highest BCUT2D eigenvalue weighted by molar-refractivity contribution is 6.76. The number of carbonyl (C=O) groups is 1. The third kappa shape index (κ3) is 4.27. The molecule has 1 fully saturated rings. The SMILES string of the molecule is C[Si](C)(C)CCOC(=O)C1CCCC1. The Morgan fingerprint density at radius 1 is 1.29 bits per heavy atom. The normalized spacial score (nSPS) is 18.5. The lowest BCUT2D eigenvalue weighted by molar-refractivity contribution is -0.147. The molecule has 0 bridgehead atoms. The van der Waals surface area contributed by atoms with E-state index in [9.17, 15) is 4.79 Å². The number of esters is 1. The van der Waals surface area contributed by atoms with Crippen molar-refractivity contribution in [2.75, 3.05) is 6.61 Å². The molecule has 0 aromatic heterocycles. The van der Waals surface area contributed by atoms with Crippen LogP contribution in [0.5, 0.6) is 0 Å². The van der Waals surface area contributed by atoms with Crippen LogP contribution in [0, 0.1) is 5.92 Å². The summed E-state index contributed by atoms with van der Waals surface area (Å²) in [6, 6.07) is 1.09. The van der Waals surface area contributed by atoms with E-state index in [2.05, 4.69) is 19.6 Å². The minimum Gasteiger partial charge on any atom is -0.466 e. The van der Waals surface area contributed by atoms with Crippen molar-refractivity contribution in [2.45, 2.75) is 51.4 Å². The van der Waals surface area contributed by atoms with Gasteiger partial charge in [0.15, 0.2) is 0 Å². The molecule has 0 aromatic carbocycles. The summed E-state index contributed by atoms with van der Waals surface area (Å²) < 4.78 is 5.30. The second kappa shape index (κ2) is 4.96. The molecule has 0 saturated heterocycles. The topological polar surface area (TPSA) is 26.3 Å². The Bertz CT molecular complexity index is 190. The minimum absolute atomic E-state index is 0.0563. The predicted molar refractivity (Wildman–Crippen MR) is 61.1 cm³/mol. The van der Waals surface area contributed by atoms with E-state index in [1.807, 2.05) is 0 Å². The number of hydrogen-bond acceptors (Lipinski definition) is 2. The highest BCUT2D eigenvalue weighted by Gasteiger charge is 2.24. The van der Waals surface area contributed by atoms with Gasteiger partial charge in [-0.05, 0) is 18.9 Å². The van der Waals surface area contributed by atoms with Crippen LogP contribution in [-0.4, -0.2) is 20.7 Å². The first-order chi connectivity index (χ1) is 6.49. The summed E-state index contributed by atoms with van der Waals surface area (Å²) >= 11 is 0. The molecule has 82 valence electrons. The Kier molecular flexibility index (Phi) is 4.17. The molecule has 1 saturated carbocycles. The van der Waals surface area contributed by atoms with Gasteiger partial charge in [-0.25, -0.2) is 0 Å². The number of ether oxygens (including phenoxy) is 1. The van der Waals surface area contributed by atoms with Crippen molar-refractivity contribution in [3.63, 3.8) is 0 Å². The van der Waals surface area contributed by atoms with Crippen LogP contribution >= 0.6 is 0 Å². The molecule has 1 rings (SSSR count). The molecule has 0 N–H and O–H groups in total. The van der Waals surface area contributed by atoms with Crippen molar-refractivity contribution >= 4 is 14.0 Å². The fourth-order valence-electron chi connectivity index (χ4n) is 1.74. The highest BCUT2D eigenvalue weighted by atomic mass is 28.3. The first-order valence-electron chi connectivity index (χ1n) is 5.66. The Hall–Kier alpha value is -0.313. The lowest BCUT2D eigenvalue weighted by Crippen LogP contribution is -2.24. The molecule has 0 amide bonds. The van der Waals surface area contributed by atoms with Crippen molar-refractivity contribution in [3.8, 4) is 0 Å². The molecule has 0 heterocycles. The molecule has 0 unspecified atom stereocenters. The molecule has 0 aromatic rings. The maximum absolute atomic E-state index is 11.5. The Balaban J connectivity index is 2.15. The summed E-state index contributed by atoms with van der Waals surface area (Å²) in [4.78, 5) is 11.5. The third-order valence-electron chi connectivity index (χ3n) is 2.78. The Morgan fingerprint density at radius 3 is 2.36 bits per heavy atom. The van der Waals surface area contributed by atoms with E-state index >= 15 is 0 Å². The summed E-state index contributed by atoms with van der Waals surface area (Å²) in [6.45, 7) is 7.55. The van der Waals surface area contributed by atoms with E-state index in [1.165, 1.54) is 12.8 Å². The van der Waals surface area contributed by atoms with Gasteiger partial charge in [0.25, 0.3) is 0 Å². The van der Waals surface area contributed by atoms with Gasteiger partial charge in [-0.15, -0.1) is 0 Å². The van der Waals surface area contributed by atoms with Gasteiger partial charge < -0.3 is 4.74 Å². The Morgan fingerprint density at radius 2 is 1.86 bits per heavy atom. The second-order valence-electron chi connectivity index (χ2n) is 5.46. The van der Waals surface area contributed by atoms with Gasteiger partial charge in [0.1, 0.15) is 0 Å². The minimum atomic E-state index is -1.04. The van der Waals surface area contributed by atoms with Crippen LogP contribution in [0.1, 0.15) is 25.7 Å². The average Bonchev–Trinajstić information content (AvgIpc) is 2.53. The first kappa shape index (κ1) is 11.8. The van der Waals surface area contributed by atoms with Crippen molar-refractivity contribution in [1.29, 1.82) is 0 Å². The van der Waals surface area contributed by atoms with Crippen molar-refractivity contribution in [2.24, 2.45) is 5.92 Å². The van der Waals surface area contributed by atoms with Crippen LogP contribution in [0.2, 0.25) is 25.7 Å². The molecular weight excluding hydrogens is 192 g/mol. The lowest BCUT2D eigenvalue weighted by Gasteiger charge is -2.16. The zero-order valence-electron chi connectivity index (χ0n) is 9.64. The maximum Gasteiger partial charge on any atom is 0.308 e. The van der Waals surface area contributed by atoms with Crippen LogP contribution in [0.3, 0.4) is 0 Å². The molecule has 0 radical (unpaired) electrons. The summed E-state index contributed by atoms with van der Waals surface area (Å²) in [5.41, 5.74) is 0. The van der Waals surface area contributed by atoms with Crippen molar-refractivity contribution in [3.05, 3.63) is 0 Å². The number of hydrogen-bond donors (Lipinski definition) is 0. The smallest absolute Gasteiger partial charge is 0.308 e. The number of carbonyl (C=O) groups excluding carboxylic acids is 1. The maximum atomic E-state index is 11.5. The summed E-state index contributed by atoms with van der Waals surface area (Å²) in [6.07, 6.45) is 4.50. The van der Waals surface area contributed by atoms with Crippen LogP contribution < -0.4 is 0 Å². The molecule has 14 heavy (non-hydrogen) atoms. The predicted octanol–water partition coefficient (Wildman–Crippen LogP) is 3.06. The van der Waals surface area contributed by atoms with Gasteiger partial charge in [-0.2, -0.15) is 0 Å². The second-order valence-corrected chi connectivity index (χ2v) is 11.1. The van der Waals surface area contributed by atoms with Crippen LogP contribution in [-0.2, 0) is 9.53 Å². The molecule has 1 aliphatic rings. The van der Waals surface area contributed by atoms with E-state index in [0.29, 0.717) is 6.61 Å². The lowest BCUT2D eigenvalue weighted by atomic mass is 10.1. The largest absolute Gasteiger partial charge is 0.466 e. The van der Waals surface area contributed by atoms with Crippen LogP contribution in [0.4, 0.5) is 0 Å². The number of rotatable bonds is 4. The monoisotopic (exact) mass is 214 g/mol. The van der Waals surface area contributed by atoms with E-state index in [4.69, 9.17) is 4.74 Å². The standard InChI is InChI=1S/C11H22O2Si/c1-14(2,3)9-8-13-11(12)10-6-4-5-7-10/h10H,4-9H2,1-3H3. The Labute approximate surface area is 88.0 Å². The summed E-state index contributed by atoms with van der Waals surface area (Å²) in [5, 5.41) is 0. The molecule has 2 nitrogen and oxygen atoms in total. The van der Waals surface area contributed by atoms with Crippen LogP contribution in [0.15, 0.2) is 0 Å². The van der Waals surface area contributed by atoms with Gasteiger partial charge in [0.2, 0.25) is 0 Å². The molecular formula is C11H22O2Si.